The number of carbonyl (C=O) groups is 2. The largest absolute Gasteiger partial charge is 0.371 e. The normalized spacial score (nSPS) is 18.9. The number of rotatable bonds is 5. The molecular formula is C24H25FN2O2S. The minimum Gasteiger partial charge on any atom is -0.371 e. The lowest BCUT2D eigenvalue weighted by Gasteiger charge is -2.36. The summed E-state index contributed by atoms with van der Waals surface area (Å²) in [4.78, 5) is 27.3. The van der Waals surface area contributed by atoms with E-state index < -0.39 is 0 Å². The van der Waals surface area contributed by atoms with Crippen LogP contribution >= 0.6 is 11.3 Å². The standard InChI is InChI=1S/C24H25FN2O2S/c1-15(28)23-14-20-21(4-3-5-22(20)30-23)27(2)19-12-10-18(11-13-19)26-24(29)16-6-8-17(25)9-7-16/h3-9,14,18-19H,10-13H2,1-2H3,(H,26,29)/t18-,19+. The fourth-order valence-corrected chi connectivity index (χ4v) is 5.18. The smallest absolute Gasteiger partial charge is 0.251 e. The lowest BCUT2D eigenvalue weighted by molar-refractivity contribution is 0.0925. The molecule has 1 saturated carbocycles. The summed E-state index contributed by atoms with van der Waals surface area (Å²) in [6.45, 7) is 1.61. The van der Waals surface area contributed by atoms with Gasteiger partial charge in [-0.25, -0.2) is 4.39 Å². The van der Waals surface area contributed by atoms with Crippen molar-refractivity contribution in [3.05, 3.63) is 64.8 Å². The molecule has 0 unspecified atom stereocenters. The average molecular weight is 425 g/mol. The van der Waals surface area contributed by atoms with Crippen molar-refractivity contribution in [2.45, 2.75) is 44.7 Å². The number of nitrogens with one attached hydrogen (secondary N) is 1. The fraction of sp³-hybridized carbons (Fsp3) is 0.333. The number of Topliss-reactive ketones (excluding diaryl/α,β-unsaturated/α-hetero) is 1. The van der Waals surface area contributed by atoms with E-state index in [2.05, 4.69) is 29.4 Å². The SMILES string of the molecule is CC(=O)c1cc2c(N(C)[C@H]3CC[C@@H](NC(=O)c4ccc(F)cc4)CC3)cccc2s1. The maximum Gasteiger partial charge on any atom is 0.251 e. The topological polar surface area (TPSA) is 49.4 Å². The minimum atomic E-state index is -0.342. The van der Waals surface area contributed by atoms with Gasteiger partial charge in [-0.2, -0.15) is 0 Å². The van der Waals surface area contributed by atoms with Gasteiger partial charge in [-0.15, -0.1) is 11.3 Å². The Morgan fingerprint density at radius 3 is 2.43 bits per heavy atom. The van der Waals surface area contributed by atoms with Crippen molar-refractivity contribution in [1.29, 1.82) is 0 Å². The molecule has 1 N–H and O–H groups in total. The van der Waals surface area contributed by atoms with Gasteiger partial charge in [0.1, 0.15) is 5.82 Å². The summed E-state index contributed by atoms with van der Waals surface area (Å²) < 4.78 is 14.2. The first-order chi connectivity index (χ1) is 14.4. The molecular weight excluding hydrogens is 399 g/mol. The zero-order chi connectivity index (χ0) is 21.3. The highest BCUT2D eigenvalue weighted by molar-refractivity contribution is 7.20. The highest BCUT2D eigenvalue weighted by Gasteiger charge is 2.26. The summed E-state index contributed by atoms with van der Waals surface area (Å²) >= 11 is 1.54. The van der Waals surface area contributed by atoms with Crippen molar-refractivity contribution in [2.75, 3.05) is 11.9 Å². The van der Waals surface area contributed by atoms with E-state index in [0.29, 0.717) is 11.6 Å². The monoisotopic (exact) mass is 424 g/mol. The van der Waals surface area contributed by atoms with E-state index in [1.807, 2.05) is 12.1 Å². The van der Waals surface area contributed by atoms with Crippen LogP contribution in [-0.4, -0.2) is 30.8 Å². The van der Waals surface area contributed by atoms with Gasteiger partial charge in [-0.05, 0) is 75.1 Å². The molecule has 0 spiro atoms. The molecule has 2 aromatic carbocycles. The third kappa shape index (κ3) is 4.24. The number of benzene rings is 2. The van der Waals surface area contributed by atoms with Crippen molar-refractivity contribution in [1.82, 2.24) is 5.32 Å². The van der Waals surface area contributed by atoms with E-state index in [1.165, 1.54) is 24.3 Å². The Bertz CT molecular complexity index is 1070. The number of carbonyl (C=O) groups excluding carboxylic acids is 2. The number of hydrogen-bond acceptors (Lipinski definition) is 4. The zero-order valence-electron chi connectivity index (χ0n) is 17.2. The lowest BCUT2D eigenvalue weighted by atomic mass is 9.89. The Morgan fingerprint density at radius 1 is 1.07 bits per heavy atom. The van der Waals surface area contributed by atoms with Crippen molar-refractivity contribution in [2.24, 2.45) is 0 Å². The molecule has 30 heavy (non-hydrogen) atoms. The minimum absolute atomic E-state index is 0.0993. The molecule has 1 fully saturated rings. The van der Waals surface area contributed by atoms with Crippen LogP contribution in [0.3, 0.4) is 0 Å². The number of hydrogen-bond donors (Lipinski definition) is 1. The van der Waals surface area contributed by atoms with Gasteiger partial charge in [-0.3, -0.25) is 9.59 Å². The van der Waals surface area contributed by atoms with Gasteiger partial charge in [0.15, 0.2) is 5.78 Å². The van der Waals surface area contributed by atoms with E-state index in [9.17, 15) is 14.0 Å². The summed E-state index contributed by atoms with van der Waals surface area (Å²) in [5, 5.41) is 4.21. The second-order valence-electron chi connectivity index (χ2n) is 7.95. The molecule has 1 aliphatic carbocycles. The van der Waals surface area contributed by atoms with Crippen LogP contribution in [0.2, 0.25) is 0 Å². The third-order valence-corrected chi connectivity index (χ3v) is 7.15. The molecule has 4 rings (SSSR count). The zero-order valence-corrected chi connectivity index (χ0v) is 18.0. The second-order valence-corrected chi connectivity index (χ2v) is 9.04. The maximum absolute atomic E-state index is 13.1. The lowest BCUT2D eigenvalue weighted by Crippen LogP contribution is -2.43. The first kappa shape index (κ1) is 20.5. The molecule has 1 aliphatic rings. The molecule has 1 heterocycles. The second kappa shape index (κ2) is 8.56. The van der Waals surface area contributed by atoms with Gasteiger partial charge in [-0.1, -0.05) is 6.07 Å². The van der Waals surface area contributed by atoms with Gasteiger partial charge in [0.25, 0.3) is 5.91 Å². The van der Waals surface area contributed by atoms with Crippen LogP contribution in [0.4, 0.5) is 10.1 Å². The summed E-state index contributed by atoms with van der Waals surface area (Å²) in [6, 6.07) is 14.4. The molecule has 0 radical (unpaired) electrons. The van der Waals surface area contributed by atoms with Gasteiger partial charge in [0.2, 0.25) is 0 Å². The van der Waals surface area contributed by atoms with Crippen molar-refractivity contribution in [3.63, 3.8) is 0 Å². The van der Waals surface area contributed by atoms with E-state index >= 15 is 0 Å². The van der Waals surface area contributed by atoms with Crippen LogP contribution in [0.25, 0.3) is 10.1 Å². The number of thiophene rings is 1. The Hall–Kier alpha value is -2.73. The number of anilines is 1. The Kier molecular flexibility index (Phi) is 5.86. The molecule has 1 amide bonds. The average Bonchev–Trinajstić information content (AvgIpc) is 3.19. The van der Waals surface area contributed by atoms with Crippen molar-refractivity contribution >= 4 is 38.8 Å². The number of nitrogens with zero attached hydrogens (tertiary/aromatic N) is 1. The first-order valence-electron chi connectivity index (χ1n) is 10.2. The van der Waals surface area contributed by atoms with E-state index in [0.717, 1.165) is 46.3 Å². The summed E-state index contributed by atoms with van der Waals surface area (Å²) in [5.41, 5.74) is 1.64. The van der Waals surface area contributed by atoms with Gasteiger partial charge >= 0.3 is 0 Å². The predicted molar refractivity (Wildman–Crippen MR) is 120 cm³/mol. The summed E-state index contributed by atoms with van der Waals surface area (Å²) in [5.74, 6) is -0.389. The molecule has 0 bridgehead atoms. The van der Waals surface area contributed by atoms with Crippen LogP contribution in [0.15, 0.2) is 48.5 Å². The first-order valence-corrected chi connectivity index (χ1v) is 11.1. The Morgan fingerprint density at radius 2 is 1.77 bits per heavy atom. The van der Waals surface area contributed by atoms with Crippen LogP contribution in [-0.2, 0) is 0 Å². The highest BCUT2D eigenvalue weighted by atomic mass is 32.1. The molecule has 6 heteroatoms. The summed E-state index contributed by atoms with van der Waals surface area (Å²) in [7, 11) is 2.11. The van der Waals surface area contributed by atoms with Crippen LogP contribution in [0.1, 0.15) is 52.6 Å². The molecule has 1 aromatic heterocycles. The third-order valence-electron chi connectivity index (χ3n) is 5.95. The maximum atomic E-state index is 13.1. The predicted octanol–water partition coefficient (Wildman–Crippen LogP) is 5.42. The van der Waals surface area contributed by atoms with Crippen molar-refractivity contribution < 1.29 is 14.0 Å². The van der Waals surface area contributed by atoms with Crippen molar-refractivity contribution in [3.8, 4) is 0 Å². The fourth-order valence-electron chi connectivity index (χ4n) is 4.20. The number of ketones is 1. The molecule has 0 saturated heterocycles. The molecule has 0 atom stereocenters. The highest BCUT2D eigenvalue weighted by Crippen LogP contribution is 2.36. The number of amides is 1. The van der Waals surface area contributed by atoms with Crippen LogP contribution < -0.4 is 10.2 Å². The van der Waals surface area contributed by atoms with Crippen LogP contribution in [0, 0.1) is 5.82 Å². The van der Waals surface area contributed by atoms with E-state index in [1.54, 1.807) is 18.3 Å². The van der Waals surface area contributed by atoms with Gasteiger partial charge in [0.05, 0.1) is 4.88 Å². The van der Waals surface area contributed by atoms with Gasteiger partial charge in [0, 0.05) is 40.5 Å². The number of halogens is 1. The molecule has 156 valence electrons. The van der Waals surface area contributed by atoms with Gasteiger partial charge < -0.3 is 10.2 Å². The molecule has 0 aliphatic heterocycles. The summed E-state index contributed by atoms with van der Waals surface area (Å²) in [6.07, 6.45) is 3.76. The van der Waals surface area contributed by atoms with E-state index in [-0.39, 0.29) is 23.5 Å². The number of fused-ring (bicyclic) bond motifs is 1. The van der Waals surface area contributed by atoms with Crippen LogP contribution in [0.5, 0.6) is 0 Å². The quantitative estimate of drug-likeness (QED) is 0.557. The Balaban J connectivity index is 1.40. The molecule has 4 nitrogen and oxygen atoms in total. The Labute approximate surface area is 179 Å². The van der Waals surface area contributed by atoms with E-state index in [4.69, 9.17) is 0 Å². The molecule has 3 aromatic rings.